The summed E-state index contributed by atoms with van der Waals surface area (Å²) in [5.41, 5.74) is 2.74. The first-order valence-corrected chi connectivity index (χ1v) is 12.5. The van der Waals surface area contributed by atoms with Crippen LogP contribution < -0.4 is 10.2 Å². The molecular weight excluding hydrogens is 525 g/mol. The zero-order valence-electron chi connectivity index (χ0n) is 18.4. The number of rotatable bonds is 5. The summed E-state index contributed by atoms with van der Waals surface area (Å²) in [5, 5.41) is 13.7. The van der Waals surface area contributed by atoms with Gasteiger partial charge in [-0.3, -0.25) is 14.5 Å². The first-order chi connectivity index (χ1) is 16.8. The van der Waals surface area contributed by atoms with Crippen LogP contribution in [0, 0.1) is 18.3 Å². The van der Waals surface area contributed by atoms with Gasteiger partial charge in [-0.2, -0.15) is 5.26 Å². The summed E-state index contributed by atoms with van der Waals surface area (Å²) in [6, 6.07) is 21.1. The Balaban J connectivity index is 1.72. The van der Waals surface area contributed by atoms with Gasteiger partial charge < -0.3 is 5.32 Å². The van der Waals surface area contributed by atoms with Gasteiger partial charge in [0, 0.05) is 16.4 Å². The maximum absolute atomic E-state index is 13.6. The normalized spacial score (nSPS) is 16.7. The zero-order valence-corrected chi connectivity index (χ0v) is 21.5. The summed E-state index contributed by atoms with van der Waals surface area (Å²) in [7, 11) is 0. The SMILES string of the molecule is Cc1ccc(N2C(=O)C(Cc3ccc(Cl)c(Cl)c3)S/C2=C(/C#N)C(=O)Nc2ccc(Cl)cc2)cc1. The first-order valence-electron chi connectivity index (χ1n) is 10.5. The largest absolute Gasteiger partial charge is 0.321 e. The second kappa shape index (κ2) is 10.8. The molecule has 0 radical (unpaired) electrons. The van der Waals surface area contributed by atoms with E-state index >= 15 is 0 Å². The molecule has 1 fully saturated rings. The van der Waals surface area contributed by atoms with Crippen molar-refractivity contribution >= 4 is 69.8 Å². The molecule has 1 saturated heterocycles. The van der Waals surface area contributed by atoms with E-state index in [-0.39, 0.29) is 16.5 Å². The first kappa shape index (κ1) is 25.2. The molecular formula is C26H18Cl3N3O2S. The van der Waals surface area contributed by atoms with E-state index < -0.39 is 11.2 Å². The van der Waals surface area contributed by atoms with E-state index in [0.29, 0.717) is 32.9 Å². The topological polar surface area (TPSA) is 73.2 Å². The molecule has 3 aromatic carbocycles. The Hall–Kier alpha value is -2.95. The standard InChI is InChI=1S/C26H18Cl3N3O2S/c1-15-2-9-19(10-3-15)32-25(34)23(13-16-4-11-21(28)22(29)12-16)35-26(32)20(14-30)24(33)31-18-7-5-17(27)6-8-18/h2-12,23H,13H2,1H3,(H,31,33)/b26-20-. The van der Waals surface area contributed by atoms with Gasteiger partial charge in [0.25, 0.3) is 5.91 Å². The molecule has 35 heavy (non-hydrogen) atoms. The predicted molar refractivity (Wildman–Crippen MR) is 143 cm³/mol. The average molecular weight is 543 g/mol. The minimum atomic E-state index is -0.613. The monoisotopic (exact) mass is 541 g/mol. The van der Waals surface area contributed by atoms with Crippen molar-refractivity contribution in [3.05, 3.63) is 104 Å². The van der Waals surface area contributed by atoms with Gasteiger partial charge >= 0.3 is 0 Å². The van der Waals surface area contributed by atoms with E-state index in [9.17, 15) is 14.9 Å². The van der Waals surface area contributed by atoms with E-state index in [0.717, 1.165) is 11.1 Å². The summed E-state index contributed by atoms with van der Waals surface area (Å²) < 4.78 is 0. The lowest BCUT2D eigenvalue weighted by Gasteiger charge is -2.19. The summed E-state index contributed by atoms with van der Waals surface area (Å²) in [6.07, 6.45) is 0.351. The number of anilines is 2. The smallest absolute Gasteiger partial charge is 0.269 e. The molecule has 0 saturated carbocycles. The molecule has 0 bridgehead atoms. The molecule has 1 heterocycles. The third kappa shape index (κ3) is 5.66. The Labute approximate surface area is 222 Å². The van der Waals surface area contributed by atoms with Crippen molar-refractivity contribution < 1.29 is 9.59 Å². The molecule has 1 aliphatic rings. The average Bonchev–Trinajstić information content (AvgIpc) is 3.14. The van der Waals surface area contributed by atoms with Crippen molar-refractivity contribution in [1.82, 2.24) is 0 Å². The summed E-state index contributed by atoms with van der Waals surface area (Å²) >= 11 is 19.3. The van der Waals surface area contributed by atoms with Gasteiger partial charge in [0.2, 0.25) is 5.91 Å². The number of nitrogens with zero attached hydrogens (tertiary/aromatic N) is 2. The summed E-state index contributed by atoms with van der Waals surface area (Å²) in [6.45, 7) is 1.94. The number of amides is 2. The lowest BCUT2D eigenvalue weighted by molar-refractivity contribution is -0.117. The zero-order chi connectivity index (χ0) is 25.1. The molecule has 1 unspecified atom stereocenters. The molecule has 0 spiro atoms. The summed E-state index contributed by atoms with van der Waals surface area (Å²) in [4.78, 5) is 28.1. The number of hydrogen-bond acceptors (Lipinski definition) is 4. The lowest BCUT2D eigenvalue weighted by Crippen LogP contribution is -2.30. The van der Waals surface area contributed by atoms with E-state index in [1.54, 1.807) is 54.6 Å². The van der Waals surface area contributed by atoms with Crippen LogP contribution in [-0.4, -0.2) is 17.1 Å². The fourth-order valence-corrected chi connectivity index (χ4v) is 5.28. The van der Waals surface area contributed by atoms with Crippen molar-refractivity contribution in [2.75, 3.05) is 10.2 Å². The Kier molecular flexibility index (Phi) is 7.73. The van der Waals surface area contributed by atoms with Crippen LogP contribution in [0.3, 0.4) is 0 Å². The number of halogens is 3. The number of aryl methyl sites for hydroxylation is 1. The second-order valence-electron chi connectivity index (χ2n) is 7.82. The van der Waals surface area contributed by atoms with Crippen molar-refractivity contribution in [3.63, 3.8) is 0 Å². The molecule has 1 atom stereocenters. The number of nitrogens with one attached hydrogen (secondary N) is 1. The highest BCUT2D eigenvalue weighted by Crippen LogP contribution is 2.42. The molecule has 1 N–H and O–H groups in total. The van der Waals surface area contributed by atoms with Gasteiger partial charge in [-0.1, -0.05) is 70.3 Å². The number of hydrogen-bond donors (Lipinski definition) is 1. The number of nitriles is 1. The van der Waals surface area contributed by atoms with Crippen molar-refractivity contribution in [2.45, 2.75) is 18.6 Å². The number of benzene rings is 3. The van der Waals surface area contributed by atoms with Crippen LogP contribution in [0.2, 0.25) is 15.1 Å². The fraction of sp³-hybridized carbons (Fsp3) is 0.115. The van der Waals surface area contributed by atoms with Crippen LogP contribution in [0.25, 0.3) is 0 Å². The lowest BCUT2D eigenvalue weighted by atomic mass is 10.1. The Morgan fingerprint density at radius 1 is 1.03 bits per heavy atom. The van der Waals surface area contributed by atoms with Gasteiger partial charge in [0.05, 0.1) is 15.3 Å². The molecule has 9 heteroatoms. The van der Waals surface area contributed by atoms with Crippen LogP contribution >= 0.6 is 46.6 Å². The molecule has 3 aromatic rings. The van der Waals surface area contributed by atoms with E-state index in [1.165, 1.54) is 16.7 Å². The van der Waals surface area contributed by atoms with E-state index in [2.05, 4.69) is 5.32 Å². The van der Waals surface area contributed by atoms with Gasteiger partial charge in [-0.15, -0.1) is 0 Å². The highest BCUT2D eigenvalue weighted by atomic mass is 35.5. The Morgan fingerprint density at radius 2 is 1.71 bits per heavy atom. The quantitative estimate of drug-likeness (QED) is 0.278. The van der Waals surface area contributed by atoms with E-state index in [4.69, 9.17) is 34.8 Å². The minimum absolute atomic E-state index is 0.157. The third-order valence-electron chi connectivity index (χ3n) is 5.30. The Bertz CT molecular complexity index is 1370. The maximum atomic E-state index is 13.6. The molecule has 4 rings (SSSR count). The Morgan fingerprint density at radius 3 is 2.34 bits per heavy atom. The molecule has 0 aliphatic carbocycles. The third-order valence-corrected chi connectivity index (χ3v) is 7.56. The number of carbonyl (C=O) groups excluding carboxylic acids is 2. The van der Waals surface area contributed by atoms with Crippen molar-refractivity contribution in [1.29, 1.82) is 5.26 Å². The molecule has 5 nitrogen and oxygen atoms in total. The highest BCUT2D eigenvalue weighted by molar-refractivity contribution is 8.05. The maximum Gasteiger partial charge on any atom is 0.269 e. The molecule has 176 valence electrons. The molecule has 2 amide bonds. The minimum Gasteiger partial charge on any atom is -0.321 e. The van der Waals surface area contributed by atoms with Crippen LogP contribution in [0.4, 0.5) is 11.4 Å². The highest BCUT2D eigenvalue weighted by Gasteiger charge is 2.40. The van der Waals surface area contributed by atoms with Gasteiger partial charge in [0.15, 0.2) is 0 Å². The van der Waals surface area contributed by atoms with Crippen LogP contribution in [-0.2, 0) is 16.0 Å². The van der Waals surface area contributed by atoms with Gasteiger partial charge in [0.1, 0.15) is 16.7 Å². The van der Waals surface area contributed by atoms with E-state index in [1.807, 2.05) is 25.1 Å². The fourth-order valence-electron chi connectivity index (χ4n) is 3.52. The molecule has 0 aromatic heterocycles. The van der Waals surface area contributed by atoms with Crippen molar-refractivity contribution in [2.24, 2.45) is 0 Å². The van der Waals surface area contributed by atoms with Gasteiger partial charge in [-0.25, -0.2) is 0 Å². The molecule has 1 aliphatic heterocycles. The van der Waals surface area contributed by atoms with Gasteiger partial charge in [-0.05, 0) is 67.4 Å². The predicted octanol–water partition coefficient (Wildman–Crippen LogP) is 7.02. The summed E-state index contributed by atoms with van der Waals surface area (Å²) in [5.74, 6) is -0.843. The van der Waals surface area contributed by atoms with Crippen LogP contribution in [0.15, 0.2) is 77.3 Å². The number of thioether (sulfide) groups is 1. The second-order valence-corrected chi connectivity index (χ2v) is 10.3. The number of carbonyl (C=O) groups is 2. The van der Waals surface area contributed by atoms with Crippen LogP contribution in [0.1, 0.15) is 11.1 Å². The van der Waals surface area contributed by atoms with Crippen molar-refractivity contribution in [3.8, 4) is 6.07 Å². The van der Waals surface area contributed by atoms with Crippen LogP contribution in [0.5, 0.6) is 0 Å².